The lowest BCUT2D eigenvalue weighted by Crippen LogP contribution is -2.34. The molecule has 0 spiro atoms. The van der Waals surface area contributed by atoms with Gasteiger partial charge in [-0.1, -0.05) is 23.5 Å². The van der Waals surface area contributed by atoms with Crippen LogP contribution in [-0.2, 0) is 14.3 Å². The van der Waals surface area contributed by atoms with Gasteiger partial charge in [0.25, 0.3) is 0 Å². The molecule has 0 saturated heterocycles. The third-order valence-electron chi connectivity index (χ3n) is 3.48. The lowest BCUT2D eigenvalue weighted by molar-refractivity contribution is -0.146. The third-order valence-corrected chi connectivity index (χ3v) is 4.54. The Morgan fingerprint density at radius 3 is 2.55 bits per heavy atom. The fourth-order valence-corrected chi connectivity index (χ4v) is 3.19. The van der Waals surface area contributed by atoms with Crippen LogP contribution in [0.1, 0.15) is 28.2 Å². The van der Waals surface area contributed by atoms with E-state index < -0.39 is 29.7 Å². The zero-order chi connectivity index (χ0) is 16.3. The predicted molar refractivity (Wildman–Crippen MR) is 79.8 cm³/mol. The van der Waals surface area contributed by atoms with E-state index in [-0.39, 0.29) is 5.13 Å². The summed E-state index contributed by atoms with van der Waals surface area (Å²) in [5.41, 5.74) is 0.463. The van der Waals surface area contributed by atoms with Crippen molar-refractivity contribution in [1.82, 2.24) is 4.98 Å². The van der Waals surface area contributed by atoms with E-state index >= 15 is 0 Å². The van der Waals surface area contributed by atoms with Crippen molar-refractivity contribution < 1.29 is 24.2 Å². The zero-order valence-electron chi connectivity index (χ0n) is 12.2. The van der Waals surface area contributed by atoms with E-state index in [9.17, 15) is 19.5 Å². The number of rotatable bonds is 4. The number of nitrogens with one attached hydrogen (secondary N) is 1. The molecule has 118 valence electrons. The summed E-state index contributed by atoms with van der Waals surface area (Å²) in [5, 5.41) is 12.1. The number of carbonyl (C=O) groups is 3. The number of carbonyl (C=O) groups excluding carboxylic acids is 2. The summed E-state index contributed by atoms with van der Waals surface area (Å²) in [4.78, 5) is 39.5. The smallest absolute Gasteiger partial charge is 0.350 e. The number of ether oxygens (including phenoxy) is 1. The first-order chi connectivity index (χ1) is 10.4. The van der Waals surface area contributed by atoms with Crippen molar-refractivity contribution >= 4 is 34.3 Å². The van der Waals surface area contributed by atoms with Crippen LogP contribution in [0.3, 0.4) is 0 Å². The molecule has 0 aliphatic heterocycles. The van der Waals surface area contributed by atoms with Crippen LogP contribution in [-0.4, -0.2) is 35.0 Å². The standard InChI is InChI=1S/C14H16N2O5S/c1-7-10(13(20)21-2)22-14(15-7)16-11(17)8-5-3-4-6-9(8)12(18)19/h3-4,8-9H,5-6H2,1-2H3,(H,18,19)(H,15,16,17)/t8-,9+/m0/s1. The lowest BCUT2D eigenvalue weighted by atomic mass is 9.82. The molecule has 2 rings (SSSR count). The summed E-state index contributed by atoms with van der Waals surface area (Å²) < 4.78 is 4.63. The normalized spacial score (nSPS) is 20.5. The van der Waals surface area contributed by atoms with Crippen molar-refractivity contribution in [3.8, 4) is 0 Å². The fraction of sp³-hybridized carbons (Fsp3) is 0.429. The Kier molecular flexibility index (Phi) is 4.92. The largest absolute Gasteiger partial charge is 0.481 e. The summed E-state index contributed by atoms with van der Waals surface area (Å²) in [6.45, 7) is 1.64. The van der Waals surface area contributed by atoms with E-state index in [0.717, 1.165) is 11.3 Å². The first kappa shape index (κ1) is 16.2. The first-order valence-electron chi connectivity index (χ1n) is 6.68. The number of aromatic nitrogens is 1. The number of carboxylic acids is 1. The number of hydrogen-bond acceptors (Lipinski definition) is 6. The van der Waals surface area contributed by atoms with E-state index in [4.69, 9.17) is 0 Å². The van der Waals surface area contributed by atoms with E-state index in [0.29, 0.717) is 23.4 Å². The van der Waals surface area contributed by atoms with Crippen molar-refractivity contribution in [1.29, 1.82) is 0 Å². The number of thiazole rings is 1. The van der Waals surface area contributed by atoms with Crippen molar-refractivity contribution in [2.45, 2.75) is 19.8 Å². The molecule has 2 atom stereocenters. The average molecular weight is 324 g/mol. The van der Waals surface area contributed by atoms with Crippen molar-refractivity contribution in [3.05, 3.63) is 22.7 Å². The molecule has 7 nitrogen and oxygen atoms in total. The van der Waals surface area contributed by atoms with Gasteiger partial charge in [-0.15, -0.1) is 0 Å². The Morgan fingerprint density at radius 2 is 1.95 bits per heavy atom. The Bertz CT molecular complexity index is 637. The number of methoxy groups -OCH3 is 1. The molecule has 1 amide bonds. The quantitative estimate of drug-likeness (QED) is 0.647. The molecular weight excluding hydrogens is 308 g/mol. The number of aryl methyl sites for hydroxylation is 1. The molecule has 0 bridgehead atoms. The predicted octanol–water partition coefficient (Wildman–Crippen LogP) is 1.84. The Balaban J connectivity index is 2.13. The SMILES string of the molecule is COC(=O)c1sc(NC(=O)[C@H]2CC=CC[C@H]2C(=O)O)nc1C. The highest BCUT2D eigenvalue weighted by molar-refractivity contribution is 7.17. The number of esters is 1. The number of hydrogen-bond donors (Lipinski definition) is 2. The van der Waals surface area contributed by atoms with Crippen LogP contribution in [0.25, 0.3) is 0 Å². The molecule has 8 heteroatoms. The molecule has 1 aromatic rings. The molecule has 1 aliphatic rings. The van der Waals surface area contributed by atoms with Crippen molar-refractivity contribution in [3.63, 3.8) is 0 Å². The van der Waals surface area contributed by atoms with Crippen molar-refractivity contribution in [2.75, 3.05) is 12.4 Å². The summed E-state index contributed by atoms with van der Waals surface area (Å²) in [5.74, 6) is -3.30. The Labute approximate surface area is 131 Å². The van der Waals surface area contributed by atoms with Crippen LogP contribution < -0.4 is 5.32 Å². The van der Waals surface area contributed by atoms with Gasteiger partial charge in [0.15, 0.2) is 5.13 Å². The zero-order valence-corrected chi connectivity index (χ0v) is 13.0. The maximum absolute atomic E-state index is 12.3. The van der Waals surface area contributed by atoms with Crippen LogP contribution in [0.4, 0.5) is 5.13 Å². The maximum Gasteiger partial charge on any atom is 0.350 e. The number of amides is 1. The number of nitrogens with zero attached hydrogens (tertiary/aromatic N) is 1. The van der Waals surface area contributed by atoms with Crippen LogP contribution >= 0.6 is 11.3 Å². The second-order valence-electron chi connectivity index (χ2n) is 4.91. The summed E-state index contributed by atoms with van der Waals surface area (Å²) >= 11 is 1.01. The number of allylic oxidation sites excluding steroid dienone is 2. The molecular formula is C14H16N2O5S. The molecule has 0 unspecified atom stereocenters. The Morgan fingerprint density at radius 1 is 1.32 bits per heavy atom. The minimum absolute atomic E-state index is 0.265. The maximum atomic E-state index is 12.3. The minimum atomic E-state index is -0.991. The van der Waals surface area contributed by atoms with Crippen LogP contribution in [0.5, 0.6) is 0 Å². The number of aliphatic carboxylic acids is 1. The van der Waals surface area contributed by atoms with Crippen molar-refractivity contribution in [2.24, 2.45) is 11.8 Å². The lowest BCUT2D eigenvalue weighted by Gasteiger charge is -2.23. The summed E-state index contributed by atoms with van der Waals surface area (Å²) in [6, 6.07) is 0. The second kappa shape index (κ2) is 6.69. The molecule has 1 heterocycles. The monoisotopic (exact) mass is 324 g/mol. The molecule has 0 fully saturated rings. The topological polar surface area (TPSA) is 106 Å². The molecule has 0 radical (unpaired) electrons. The summed E-state index contributed by atoms with van der Waals surface area (Å²) in [6.07, 6.45) is 4.27. The van der Waals surface area contributed by atoms with Gasteiger partial charge in [-0.05, 0) is 19.8 Å². The van der Waals surface area contributed by atoms with Crippen LogP contribution in [0.15, 0.2) is 12.2 Å². The van der Waals surface area contributed by atoms with Gasteiger partial charge in [0, 0.05) is 0 Å². The van der Waals surface area contributed by atoms with Gasteiger partial charge in [0.2, 0.25) is 5.91 Å². The van der Waals surface area contributed by atoms with Gasteiger partial charge < -0.3 is 15.2 Å². The van der Waals surface area contributed by atoms with Gasteiger partial charge in [-0.2, -0.15) is 0 Å². The van der Waals surface area contributed by atoms with Gasteiger partial charge in [-0.3, -0.25) is 9.59 Å². The third kappa shape index (κ3) is 3.33. The highest BCUT2D eigenvalue weighted by atomic mass is 32.1. The summed E-state index contributed by atoms with van der Waals surface area (Å²) in [7, 11) is 1.27. The van der Waals surface area contributed by atoms with E-state index in [2.05, 4.69) is 15.0 Å². The van der Waals surface area contributed by atoms with Crippen LogP contribution in [0.2, 0.25) is 0 Å². The highest BCUT2D eigenvalue weighted by Gasteiger charge is 2.34. The van der Waals surface area contributed by atoms with E-state index in [1.165, 1.54) is 7.11 Å². The molecule has 22 heavy (non-hydrogen) atoms. The van der Waals surface area contributed by atoms with Gasteiger partial charge in [-0.25, -0.2) is 9.78 Å². The minimum Gasteiger partial charge on any atom is -0.481 e. The molecule has 2 N–H and O–H groups in total. The van der Waals surface area contributed by atoms with E-state index in [1.54, 1.807) is 19.1 Å². The molecule has 1 aliphatic carbocycles. The number of carboxylic acid groups (broad SMARTS) is 1. The molecule has 1 aromatic heterocycles. The average Bonchev–Trinajstić information content (AvgIpc) is 2.86. The van der Waals surface area contributed by atoms with Gasteiger partial charge in [0.05, 0.1) is 24.6 Å². The fourth-order valence-electron chi connectivity index (χ4n) is 2.31. The van der Waals surface area contributed by atoms with Gasteiger partial charge >= 0.3 is 11.9 Å². The van der Waals surface area contributed by atoms with E-state index in [1.807, 2.05) is 0 Å². The Hall–Kier alpha value is -2.22. The highest BCUT2D eigenvalue weighted by Crippen LogP contribution is 2.29. The van der Waals surface area contributed by atoms with Crippen LogP contribution in [0, 0.1) is 18.8 Å². The number of anilines is 1. The molecule has 0 aromatic carbocycles. The first-order valence-corrected chi connectivity index (χ1v) is 7.50. The molecule has 0 saturated carbocycles. The van der Waals surface area contributed by atoms with Gasteiger partial charge in [0.1, 0.15) is 4.88 Å². The second-order valence-corrected chi connectivity index (χ2v) is 5.91.